The molecule has 8 aliphatic rings. The molecule has 198 valence electrons. The third-order valence-electron chi connectivity index (χ3n) is 13.5. The first-order valence-electron chi connectivity index (χ1n) is 15.0. The summed E-state index contributed by atoms with van der Waals surface area (Å²) in [5, 5.41) is 0. The number of carbonyl (C=O) groups excluding carboxylic acids is 2. The molecular weight excluding hydrogens is 448 g/mol. The molecule has 7 fully saturated rings. The Labute approximate surface area is 216 Å². The van der Waals surface area contributed by atoms with Gasteiger partial charge in [-0.15, -0.1) is 0 Å². The van der Waals surface area contributed by atoms with Crippen molar-refractivity contribution in [2.75, 3.05) is 13.1 Å². The molecule has 1 aliphatic heterocycles. The Morgan fingerprint density at radius 2 is 1.64 bits per heavy atom. The fourth-order valence-corrected chi connectivity index (χ4v) is 12.3. The van der Waals surface area contributed by atoms with Gasteiger partial charge in [-0.1, -0.05) is 13.8 Å². The van der Waals surface area contributed by atoms with Crippen LogP contribution in [0.2, 0.25) is 0 Å². The molecule has 6 nitrogen and oxygen atoms in total. The molecule has 4 N–H and O–H groups in total. The topological polar surface area (TPSA) is 102 Å². The number of hydrogen-bond acceptors (Lipinski definition) is 4. The first-order valence-corrected chi connectivity index (χ1v) is 15.0. The summed E-state index contributed by atoms with van der Waals surface area (Å²) in [5.41, 5.74) is 14.0. The zero-order valence-corrected chi connectivity index (χ0v) is 22.4. The van der Waals surface area contributed by atoms with Crippen LogP contribution in [0.3, 0.4) is 0 Å². The lowest BCUT2D eigenvalue weighted by molar-refractivity contribution is -0.145. The largest absolute Gasteiger partial charge is 0.351 e. The van der Waals surface area contributed by atoms with Crippen LogP contribution >= 0.6 is 0 Å². The Bertz CT molecular complexity index is 987. The maximum Gasteiger partial charge on any atom is 0.315 e. The van der Waals surface area contributed by atoms with Crippen molar-refractivity contribution in [3.8, 4) is 0 Å². The highest BCUT2D eigenvalue weighted by Gasteiger charge is 2.69. The van der Waals surface area contributed by atoms with Crippen LogP contribution in [0.4, 0.5) is 4.79 Å². The Morgan fingerprint density at radius 3 is 2.25 bits per heavy atom. The summed E-state index contributed by atoms with van der Waals surface area (Å²) in [5.74, 6) is 4.25. The minimum atomic E-state index is -0.354. The molecular formula is C30H46N4O2. The van der Waals surface area contributed by atoms with E-state index in [9.17, 15) is 9.59 Å². The molecule has 1 heterocycles. The summed E-state index contributed by atoms with van der Waals surface area (Å²) in [6.07, 6.45) is 14.0. The molecule has 6 heteroatoms. The first-order chi connectivity index (χ1) is 17.1. The predicted molar refractivity (Wildman–Crippen MR) is 140 cm³/mol. The van der Waals surface area contributed by atoms with Gasteiger partial charge in [0.25, 0.3) is 0 Å². The van der Waals surface area contributed by atoms with Crippen molar-refractivity contribution < 1.29 is 9.59 Å². The van der Waals surface area contributed by atoms with Gasteiger partial charge in [0.2, 0.25) is 0 Å². The van der Waals surface area contributed by atoms with E-state index in [1.807, 2.05) is 0 Å². The number of carbonyl (C=O) groups is 2. The SMILES string of the molecule is C[C@]12CCC(=O)CC1=NC[C@@H]1[C@H]2CC[C@@]2(C)[C@H]1CCC2(CN)N(C(N)=O)C12CC3CC(CC(C3)C1)C2. The van der Waals surface area contributed by atoms with Crippen molar-refractivity contribution in [1.82, 2.24) is 4.90 Å². The summed E-state index contributed by atoms with van der Waals surface area (Å²) >= 11 is 0. The van der Waals surface area contributed by atoms with Crippen LogP contribution in [0.1, 0.15) is 97.3 Å². The Balaban J connectivity index is 1.27. The van der Waals surface area contributed by atoms with Gasteiger partial charge in [0.1, 0.15) is 5.78 Å². The zero-order valence-electron chi connectivity index (χ0n) is 22.4. The van der Waals surface area contributed by atoms with Crippen LogP contribution in [0.5, 0.6) is 0 Å². The van der Waals surface area contributed by atoms with E-state index in [1.165, 1.54) is 25.0 Å². The number of ketones is 1. The van der Waals surface area contributed by atoms with Gasteiger partial charge in [0, 0.05) is 42.6 Å². The second kappa shape index (κ2) is 7.57. The molecule has 0 saturated heterocycles. The lowest BCUT2D eigenvalue weighted by atomic mass is 9.47. The molecule has 36 heavy (non-hydrogen) atoms. The van der Waals surface area contributed by atoms with Gasteiger partial charge in [-0.2, -0.15) is 0 Å². The maximum absolute atomic E-state index is 13.6. The Morgan fingerprint density at radius 1 is 1.00 bits per heavy atom. The molecule has 4 bridgehead atoms. The van der Waals surface area contributed by atoms with E-state index in [2.05, 4.69) is 18.7 Å². The number of amides is 2. The Hall–Kier alpha value is -1.43. The zero-order chi connectivity index (χ0) is 25.1. The number of fused-ring (bicyclic) bond motifs is 5. The number of primary amides is 1. The van der Waals surface area contributed by atoms with Crippen LogP contribution in [0, 0.1) is 46.3 Å². The molecule has 6 atom stereocenters. The van der Waals surface area contributed by atoms with Gasteiger partial charge in [-0.25, -0.2) is 4.79 Å². The van der Waals surface area contributed by atoms with E-state index in [1.54, 1.807) is 0 Å². The van der Waals surface area contributed by atoms with Crippen LogP contribution in [-0.2, 0) is 4.79 Å². The van der Waals surface area contributed by atoms with Gasteiger partial charge in [0.05, 0.1) is 5.54 Å². The summed E-state index contributed by atoms with van der Waals surface area (Å²) in [6, 6.07) is -0.215. The van der Waals surface area contributed by atoms with E-state index in [4.69, 9.17) is 16.5 Å². The van der Waals surface area contributed by atoms with Crippen molar-refractivity contribution in [3.63, 3.8) is 0 Å². The van der Waals surface area contributed by atoms with E-state index < -0.39 is 0 Å². The van der Waals surface area contributed by atoms with Crippen LogP contribution < -0.4 is 11.5 Å². The third-order valence-corrected chi connectivity index (χ3v) is 13.5. The van der Waals surface area contributed by atoms with Gasteiger partial charge in [-0.05, 0) is 112 Å². The molecule has 1 unspecified atom stereocenters. The number of rotatable bonds is 3. The van der Waals surface area contributed by atoms with E-state index >= 15 is 0 Å². The summed E-state index contributed by atoms with van der Waals surface area (Å²) in [6.45, 7) is 6.23. The lowest BCUT2D eigenvalue weighted by Crippen LogP contribution is -2.75. The van der Waals surface area contributed by atoms with Crippen LogP contribution in [0.25, 0.3) is 0 Å². The van der Waals surface area contributed by atoms with Gasteiger partial charge in [0.15, 0.2) is 0 Å². The molecule has 0 radical (unpaired) electrons. The summed E-state index contributed by atoms with van der Waals surface area (Å²) < 4.78 is 0. The van der Waals surface area contributed by atoms with Gasteiger partial charge in [-0.3, -0.25) is 9.79 Å². The number of nitrogens with zero attached hydrogens (tertiary/aromatic N) is 2. The molecule has 0 aromatic rings. The molecule has 7 saturated carbocycles. The highest BCUT2D eigenvalue weighted by molar-refractivity contribution is 6.07. The molecule has 0 spiro atoms. The van der Waals surface area contributed by atoms with Crippen LogP contribution in [0.15, 0.2) is 4.99 Å². The average molecular weight is 495 g/mol. The van der Waals surface area contributed by atoms with Crippen molar-refractivity contribution in [1.29, 1.82) is 0 Å². The number of nitrogens with two attached hydrogens (primary N) is 2. The monoisotopic (exact) mass is 494 g/mol. The lowest BCUT2D eigenvalue weighted by Gasteiger charge is -2.67. The molecule has 0 aromatic carbocycles. The van der Waals surface area contributed by atoms with Crippen molar-refractivity contribution in [2.24, 2.45) is 62.8 Å². The molecule has 7 aliphatic carbocycles. The third kappa shape index (κ3) is 2.86. The van der Waals surface area contributed by atoms with E-state index in [-0.39, 0.29) is 27.9 Å². The minimum absolute atomic E-state index is 0.0326. The highest BCUT2D eigenvalue weighted by atomic mass is 16.2. The quantitative estimate of drug-likeness (QED) is 0.595. The number of aliphatic imine (C=N–C) groups is 1. The number of urea groups is 1. The summed E-state index contributed by atoms with van der Waals surface area (Å²) in [4.78, 5) is 33.2. The summed E-state index contributed by atoms with van der Waals surface area (Å²) in [7, 11) is 0. The second-order valence-electron chi connectivity index (χ2n) is 14.8. The van der Waals surface area contributed by atoms with Gasteiger partial charge < -0.3 is 16.4 Å². The fraction of sp³-hybridized carbons (Fsp3) is 0.900. The Kier molecular flexibility index (Phi) is 4.98. The molecule has 2 amide bonds. The number of hydrogen-bond donors (Lipinski definition) is 2. The van der Waals surface area contributed by atoms with Crippen molar-refractivity contribution in [2.45, 2.75) is 108 Å². The first kappa shape index (κ1) is 23.7. The van der Waals surface area contributed by atoms with Gasteiger partial charge >= 0.3 is 6.03 Å². The smallest absolute Gasteiger partial charge is 0.315 e. The fourth-order valence-electron chi connectivity index (χ4n) is 12.3. The van der Waals surface area contributed by atoms with E-state index in [0.717, 1.165) is 75.7 Å². The van der Waals surface area contributed by atoms with Crippen molar-refractivity contribution in [3.05, 3.63) is 0 Å². The molecule has 0 aromatic heterocycles. The number of Topliss-reactive ketones (excluding diaryl/α,β-unsaturated/α-hetero) is 1. The van der Waals surface area contributed by atoms with Crippen molar-refractivity contribution >= 4 is 17.5 Å². The highest BCUT2D eigenvalue weighted by Crippen LogP contribution is 2.68. The molecule has 8 rings (SSSR count). The minimum Gasteiger partial charge on any atom is -0.351 e. The van der Waals surface area contributed by atoms with E-state index in [0.29, 0.717) is 42.9 Å². The van der Waals surface area contributed by atoms with Crippen LogP contribution in [-0.4, -0.2) is 46.6 Å². The average Bonchev–Trinajstić information content (AvgIpc) is 3.11. The predicted octanol–water partition coefficient (Wildman–Crippen LogP) is 4.69. The normalized spacial score (nSPS) is 52.9. The maximum atomic E-state index is 13.6. The standard InChI is InChI=1S/C30H46N4O2/c1-27-6-3-21(35)12-25(27)33-16-22-23(27)4-7-28(2)24(22)5-8-30(28,17-31)34(26(32)36)29-13-18-9-19(14-29)11-20(10-18)15-29/h18-20,22-24H,3-17,31H2,1-2H3,(H2,32,36)/t18?,19?,20?,22-,23-,24+,27-,28+,29?,30?/m1/s1. The second-order valence-corrected chi connectivity index (χ2v) is 14.8.